The van der Waals surface area contributed by atoms with Gasteiger partial charge in [0.05, 0.1) is 29.9 Å². The van der Waals surface area contributed by atoms with Crippen molar-refractivity contribution in [1.29, 1.82) is 5.26 Å². The minimum absolute atomic E-state index is 0.0162. The van der Waals surface area contributed by atoms with Crippen LogP contribution in [-0.2, 0) is 27.6 Å². The van der Waals surface area contributed by atoms with Gasteiger partial charge in [-0.05, 0) is 17.9 Å². The number of nitriles is 1. The number of pyridine rings is 2. The molecule has 170 valence electrons. The number of hydrogen-bond acceptors (Lipinski definition) is 10. The summed E-state index contributed by atoms with van der Waals surface area (Å²) in [7, 11) is -1.43. The summed E-state index contributed by atoms with van der Waals surface area (Å²) in [5.41, 5.74) is 13.3. The highest BCUT2D eigenvalue weighted by atomic mass is 32.2. The Balaban J connectivity index is 1.70. The first-order valence-corrected chi connectivity index (χ1v) is 13.0. The molecule has 3 aromatic rings. The molecule has 1 fully saturated rings. The fraction of sp³-hybridized carbons (Fsp3) is 0.333. The minimum Gasteiger partial charge on any atom is -0.383 e. The lowest BCUT2D eigenvalue weighted by atomic mass is 10.00. The highest BCUT2D eigenvalue weighted by Crippen LogP contribution is 2.42. The topological polar surface area (TPSA) is 159 Å². The van der Waals surface area contributed by atoms with E-state index in [0.717, 1.165) is 4.88 Å². The lowest BCUT2D eigenvalue weighted by molar-refractivity contribution is -0.117. The molecule has 1 saturated heterocycles. The summed E-state index contributed by atoms with van der Waals surface area (Å²) in [6.07, 6.45) is 0.497. The summed E-state index contributed by atoms with van der Waals surface area (Å²) in [6.45, 7) is 0.358. The van der Waals surface area contributed by atoms with Crippen molar-refractivity contribution in [2.24, 2.45) is 0 Å². The number of sulfone groups is 1. The molecule has 3 aromatic heterocycles. The molecule has 5 rings (SSSR count). The smallest absolute Gasteiger partial charge is 0.233 e. The number of nitrogen functional groups attached to an aromatic ring is 2. The van der Waals surface area contributed by atoms with Crippen LogP contribution >= 0.6 is 11.3 Å². The van der Waals surface area contributed by atoms with Gasteiger partial charge in [0.1, 0.15) is 34.9 Å². The van der Waals surface area contributed by atoms with E-state index in [1.165, 1.54) is 11.3 Å². The molecule has 5 heterocycles. The maximum Gasteiger partial charge on any atom is 0.233 e. The van der Waals surface area contributed by atoms with Crippen molar-refractivity contribution in [2.45, 2.75) is 25.4 Å². The molecule has 0 aromatic carbocycles. The normalized spacial score (nSPS) is 19.1. The number of thiophene rings is 1. The molecular formula is C21H21N7O3S2. The predicted octanol–water partition coefficient (Wildman–Crippen LogP) is 1.44. The summed E-state index contributed by atoms with van der Waals surface area (Å²) in [6, 6.07) is 5.73. The zero-order valence-corrected chi connectivity index (χ0v) is 19.4. The molecule has 2 aliphatic rings. The number of hydrogen-bond donors (Lipinski definition) is 2. The monoisotopic (exact) mass is 483 g/mol. The molecule has 1 unspecified atom stereocenters. The second-order valence-corrected chi connectivity index (χ2v) is 11.5. The van der Waals surface area contributed by atoms with Gasteiger partial charge >= 0.3 is 0 Å². The van der Waals surface area contributed by atoms with Crippen LogP contribution in [-0.4, -0.2) is 48.9 Å². The summed E-state index contributed by atoms with van der Waals surface area (Å²) in [4.78, 5) is 26.1. The van der Waals surface area contributed by atoms with Crippen LogP contribution in [0, 0.1) is 11.3 Å². The molecule has 4 N–H and O–H groups in total. The summed E-state index contributed by atoms with van der Waals surface area (Å²) < 4.78 is 24.0. The van der Waals surface area contributed by atoms with Gasteiger partial charge in [0.25, 0.3) is 0 Å². The Morgan fingerprint density at radius 3 is 2.70 bits per heavy atom. The Kier molecular flexibility index (Phi) is 4.91. The van der Waals surface area contributed by atoms with Crippen LogP contribution in [0.15, 0.2) is 17.5 Å². The maximum absolute atomic E-state index is 12.9. The number of fused-ring (bicyclic) bond motifs is 3. The zero-order valence-electron chi connectivity index (χ0n) is 17.8. The number of carbonyl (C=O) groups excluding carboxylic acids is 1. The van der Waals surface area contributed by atoms with Crippen molar-refractivity contribution < 1.29 is 13.2 Å². The fourth-order valence-corrected chi connectivity index (χ4v) is 7.06. The third-order valence-corrected chi connectivity index (χ3v) is 8.85. The van der Waals surface area contributed by atoms with E-state index in [1.807, 2.05) is 17.5 Å². The predicted molar refractivity (Wildman–Crippen MR) is 128 cm³/mol. The van der Waals surface area contributed by atoms with Crippen molar-refractivity contribution in [2.75, 3.05) is 39.8 Å². The molecule has 33 heavy (non-hydrogen) atoms. The number of carbonyl (C=O) groups is 1. The molecule has 0 radical (unpaired) electrons. The van der Waals surface area contributed by atoms with E-state index in [-0.39, 0.29) is 52.9 Å². The maximum atomic E-state index is 12.9. The molecule has 0 aliphatic carbocycles. The fourth-order valence-electron chi connectivity index (χ4n) is 4.59. The lowest BCUT2D eigenvalue weighted by Crippen LogP contribution is -2.34. The molecule has 0 bridgehead atoms. The van der Waals surface area contributed by atoms with Crippen LogP contribution in [0.5, 0.6) is 0 Å². The Morgan fingerprint density at radius 2 is 2.06 bits per heavy atom. The number of nitrogens with zero attached hydrogens (tertiary/aromatic N) is 5. The first-order valence-electron chi connectivity index (χ1n) is 10.3. The van der Waals surface area contributed by atoms with E-state index >= 15 is 0 Å². The van der Waals surface area contributed by atoms with Crippen LogP contribution in [0.25, 0.3) is 10.8 Å². The molecule has 1 amide bonds. The van der Waals surface area contributed by atoms with Crippen LogP contribution < -0.4 is 21.3 Å². The van der Waals surface area contributed by atoms with Crippen LogP contribution in [0.4, 0.5) is 23.3 Å². The average molecular weight is 484 g/mol. The average Bonchev–Trinajstić information content (AvgIpc) is 3.48. The third-order valence-electron chi connectivity index (χ3n) is 6.24. The SMILES string of the molecule is CN(c1nc(N)c2c(N)nc3c(c2c1C#N)CC(=O)N3Cc1cccs1)C1CCS(=O)(=O)C1. The van der Waals surface area contributed by atoms with Crippen molar-refractivity contribution in [1.82, 2.24) is 9.97 Å². The Bertz CT molecular complexity index is 1450. The minimum atomic E-state index is -3.14. The summed E-state index contributed by atoms with van der Waals surface area (Å²) >= 11 is 1.53. The van der Waals surface area contributed by atoms with Gasteiger partial charge in [-0.2, -0.15) is 5.26 Å². The van der Waals surface area contributed by atoms with Gasteiger partial charge in [0.15, 0.2) is 9.84 Å². The first kappa shape index (κ1) is 21.4. The van der Waals surface area contributed by atoms with E-state index in [9.17, 15) is 18.5 Å². The molecule has 2 aliphatic heterocycles. The van der Waals surface area contributed by atoms with Gasteiger partial charge in [0, 0.05) is 28.9 Å². The van der Waals surface area contributed by atoms with E-state index in [2.05, 4.69) is 16.0 Å². The van der Waals surface area contributed by atoms with E-state index in [0.29, 0.717) is 35.1 Å². The van der Waals surface area contributed by atoms with Gasteiger partial charge in [-0.25, -0.2) is 18.4 Å². The van der Waals surface area contributed by atoms with Crippen LogP contribution in [0.1, 0.15) is 22.4 Å². The van der Waals surface area contributed by atoms with Gasteiger partial charge in [0.2, 0.25) is 5.91 Å². The number of nitrogens with two attached hydrogens (primary N) is 2. The Hall–Kier alpha value is -3.43. The molecule has 12 heteroatoms. The van der Waals surface area contributed by atoms with Crippen molar-refractivity contribution >= 4 is 61.1 Å². The summed E-state index contributed by atoms with van der Waals surface area (Å²) in [5.74, 6) is 0.800. The lowest BCUT2D eigenvalue weighted by Gasteiger charge is -2.27. The van der Waals surface area contributed by atoms with Crippen molar-refractivity contribution in [3.63, 3.8) is 0 Å². The second kappa shape index (κ2) is 7.57. The second-order valence-electron chi connectivity index (χ2n) is 8.26. The number of anilines is 4. The summed E-state index contributed by atoms with van der Waals surface area (Å²) in [5, 5.41) is 12.9. The zero-order chi connectivity index (χ0) is 23.5. The molecule has 1 atom stereocenters. The Morgan fingerprint density at radius 1 is 1.30 bits per heavy atom. The van der Waals surface area contributed by atoms with E-state index in [4.69, 9.17) is 11.5 Å². The first-order chi connectivity index (χ1) is 15.7. The van der Waals surface area contributed by atoms with Crippen molar-refractivity contribution in [3.05, 3.63) is 33.5 Å². The van der Waals surface area contributed by atoms with E-state index < -0.39 is 9.84 Å². The Labute approximate surface area is 194 Å². The van der Waals surface area contributed by atoms with Gasteiger partial charge in [-0.1, -0.05) is 6.07 Å². The van der Waals surface area contributed by atoms with Gasteiger partial charge in [-0.15, -0.1) is 11.3 Å². The molecule has 10 nitrogen and oxygen atoms in total. The molecule has 0 spiro atoms. The largest absolute Gasteiger partial charge is 0.383 e. The quantitative estimate of drug-likeness (QED) is 0.559. The highest BCUT2D eigenvalue weighted by Gasteiger charge is 2.36. The number of amides is 1. The van der Waals surface area contributed by atoms with Gasteiger partial charge in [-0.3, -0.25) is 9.69 Å². The van der Waals surface area contributed by atoms with Crippen LogP contribution in [0.3, 0.4) is 0 Å². The molecule has 0 saturated carbocycles. The molecular weight excluding hydrogens is 462 g/mol. The van der Waals surface area contributed by atoms with Gasteiger partial charge < -0.3 is 16.4 Å². The van der Waals surface area contributed by atoms with Crippen LogP contribution in [0.2, 0.25) is 0 Å². The number of aromatic nitrogens is 2. The van der Waals surface area contributed by atoms with E-state index in [1.54, 1.807) is 16.8 Å². The standard InChI is InChI=1S/C21H21N7O3S2/c1-27(11-4-6-33(30,31)10-11)20-14(8-22)16-13-7-15(29)28(9-12-3-2-5-32-12)21(13)26-19(24)17(16)18(23)25-20/h2-3,5,11H,4,6-7,9-10H2,1H3,(H2,23,25)(H2,24,26). The highest BCUT2D eigenvalue weighted by molar-refractivity contribution is 7.91. The third kappa shape index (κ3) is 3.44. The number of rotatable bonds is 4. The van der Waals surface area contributed by atoms with Crippen molar-refractivity contribution in [3.8, 4) is 6.07 Å².